The molecule has 1 atom stereocenters. The Morgan fingerprint density at radius 1 is 1.32 bits per heavy atom. The van der Waals surface area contributed by atoms with Gasteiger partial charge in [-0.25, -0.2) is 4.98 Å². The van der Waals surface area contributed by atoms with Crippen molar-refractivity contribution in [2.75, 3.05) is 26.0 Å². The van der Waals surface area contributed by atoms with Crippen LogP contribution >= 0.6 is 11.8 Å². The first-order valence-corrected chi connectivity index (χ1v) is 8.13. The zero-order valence-electron chi connectivity index (χ0n) is 12.3. The molecule has 0 bridgehead atoms. The number of rotatable bonds is 3. The van der Waals surface area contributed by atoms with Gasteiger partial charge in [0.1, 0.15) is 11.4 Å². The lowest BCUT2D eigenvalue weighted by atomic mass is 10.1. The van der Waals surface area contributed by atoms with Gasteiger partial charge in [0.15, 0.2) is 0 Å². The van der Waals surface area contributed by atoms with E-state index in [9.17, 15) is 4.79 Å². The SMILES string of the molecule is COc1ccc(C2CN(C(=O)c3cnccn3)CCS2)cc1. The van der Waals surface area contributed by atoms with Crippen molar-refractivity contribution in [3.63, 3.8) is 0 Å². The molecule has 2 aromatic rings. The number of thioether (sulfide) groups is 1. The summed E-state index contributed by atoms with van der Waals surface area (Å²) >= 11 is 1.88. The summed E-state index contributed by atoms with van der Waals surface area (Å²) < 4.78 is 5.19. The largest absolute Gasteiger partial charge is 0.497 e. The van der Waals surface area contributed by atoms with Crippen molar-refractivity contribution in [1.29, 1.82) is 0 Å². The maximum absolute atomic E-state index is 12.5. The molecule has 2 heterocycles. The average Bonchev–Trinajstić information content (AvgIpc) is 2.62. The Kier molecular flexibility index (Phi) is 4.58. The van der Waals surface area contributed by atoms with E-state index in [1.165, 1.54) is 11.8 Å². The van der Waals surface area contributed by atoms with Crippen LogP contribution in [0.25, 0.3) is 0 Å². The van der Waals surface area contributed by atoms with Crippen molar-refractivity contribution < 1.29 is 9.53 Å². The number of carbonyl (C=O) groups is 1. The van der Waals surface area contributed by atoms with E-state index in [4.69, 9.17) is 4.74 Å². The molecule has 1 aromatic carbocycles. The highest BCUT2D eigenvalue weighted by Gasteiger charge is 2.26. The molecule has 1 aliphatic rings. The third-order valence-corrected chi connectivity index (χ3v) is 4.87. The number of nitrogens with zero attached hydrogens (tertiary/aromatic N) is 3. The second kappa shape index (κ2) is 6.79. The van der Waals surface area contributed by atoms with Crippen LogP contribution in [0.1, 0.15) is 21.3 Å². The number of ether oxygens (including phenoxy) is 1. The summed E-state index contributed by atoms with van der Waals surface area (Å²) in [7, 11) is 1.66. The Labute approximate surface area is 133 Å². The van der Waals surface area contributed by atoms with Gasteiger partial charge in [0.25, 0.3) is 5.91 Å². The molecule has 1 fully saturated rings. The molecule has 1 unspecified atom stereocenters. The van der Waals surface area contributed by atoms with Crippen molar-refractivity contribution in [3.05, 3.63) is 54.1 Å². The van der Waals surface area contributed by atoms with Crippen LogP contribution < -0.4 is 4.74 Å². The Morgan fingerprint density at radius 3 is 2.82 bits per heavy atom. The van der Waals surface area contributed by atoms with Gasteiger partial charge in [-0.1, -0.05) is 12.1 Å². The molecule has 1 aromatic heterocycles. The van der Waals surface area contributed by atoms with Gasteiger partial charge in [0.2, 0.25) is 0 Å². The highest BCUT2D eigenvalue weighted by atomic mass is 32.2. The fraction of sp³-hybridized carbons (Fsp3) is 0.312. The Hall–Kier alpha value is -2.08. The number of carbonyl (C=O) groups excluding carboxylic acids is 1. The van der Waals surface area contributed by atoms with Gasteiger partial charge >= 0.3 is 0 Å². The third-order valence-electron chi connectivity index (χ3n) is 3.62. The van der Waals surface area contributed by atoms with E-state index in [2.05, 4.69) is 22.1 Å². The van der Waals surface area contributed by atoms with Crippen molar-refractivity contribution >= 4 is 17.7 Å². The molecule has 114 valence electrons. The minimum Gasteiger partial charge on any atom is -0.497 e. The molecule has 0 aliphatic carbocycles. The second-order valence-electron chi connectivity index (χ2n) is 4.97. The highest BCUT2D eigenvalue weighted by Crippen LogP contribution is 2.34. The van der Waals surface area contributed by atoms with E-state index in [-0.39, 0.29) is 11.2 Å². The van der Waals surface area contributed by atoms with Crippen LogP contribution in [0.15, 0.2) is 42.9 Å². The topological polar surface area (TPSA) is 55.3 Å². The first kappa shape index (κ1) is 14.8. The van der Waals surface area contributed by atoms with Gasteiger partial charge < -0.3 is 9.64 Å². The summed E-state index contributed by atoms with van der Waals surface area (Å²) in [5, 5.41) is 0.278. The van der Waals surface area contributed by atoms with Crippen LogP contribution in [-0.2, 0) is 0 Å². The molecular formula is C16H17N3O2S. The van der Waals surface area contributed by atoms with E-state index in [0.29, 0.717) is 12.2 Å². The summed E-state index contributed by atoms with van der Waals surface area (Å²) in [6.07, 6.45) is 4.64. The van der Waals surface area contributed by atoms with Crippen LogP contribution in [0, 0.1) is 0 Å². The van der Waals surface area contributed by atoms with E-state index in [1.54, 1.807) is 19.5 Å². The zero-order chi connectivity index (χ0) is 15.4. The van der Waals surface area contributed by atoms with Crippen LogP contribution in [0.3, 0.4) is 0 Å². The second-order valence-corrected chi connectivity index (χ2v) is 6.29. The number of benzene rings is 1. The average molecular weight is 315 g/mol. The molecule has 1 amide bonds. The highest BCUT2D eigenvalue weighted by molar-refractivity contribution is 7.99. The van der Waals surface area contributed by atoms with Crippen LogP contribution in [-0.4, -0.2) is 46.7 Å². The standard InChI is InChI=1S/C16H17N3O2S/c1-21-13-4-2-12(3-5-13)15-11-19(8-9-22-15)16(20)14-10-17-6-7-18-14/h2-7,10,15H,8-9,11H2,1H3. The smallest absolute Gasteiger partial charge is 0.274 e. The first-order chi connectivity index (χ1) is 10.8. The fourth-order valence-corrected chi connectivity index (χ4v) is 3.67. The van der Waals surface area contributed by atoms with E-state index >= 15 is 0 Å². The summed E-state index contributed by atoms with van der Waals surface area (Å²) in [6, 6.07) is 8.04. The van der Waals surface area contributed by atoms with Gasteiger partial charge in [-0.3, -0.25) is 9.78 Å². The monoisotopic (exact) mass is 315 g/mol. The van der Waals surface area contributed by atoms with Crippen molar-refractivity contribution in [2.45, 2.75) is 5.25 Å². The number of aromatic nitrogens is 2. The normalized spacial score (nSPS) is 18.0. The Balaban J connectivity index is 1.72. The number of methoxy groups -OCH3 is 1. The van der Waals surface area contributed by atoms with Gasteiger partial charge in [-0.15, -0.1) is 0 Å². The van der Waals surface area contributed by atoms with Crippen molar-refractivity contribution in [2.24, 2.45) is 0 Å². The minimum atomic E-state index is -0.0492. The first-order valence-electron chi connectivity index (χ1n) is 7.09. The molecule has 0 radical (unpaired) electrons. The predicted molar refractivity (Wildman–Crippen MR) is 86.1 cm³/mol. The summed E-state index contributed by atoms with van der Waals surface area (Å²) in [5.74, 6) is 1.71. The van der Waals surface area contributed by atoms with Gasteiger partial charge in [-0.05, 0) is 17.7 Å². The Bertz CT molecular complexity index is 634. The Morgan fingerprint density at radius 2 is 2.14 bits per heavy atom. The maximum Gasteiger partial charge on any atom is 0.274 e. The molecule has 0 spiro atoms. The molecule has 1 aliphatic heterocycles. The molecular weight excluding hydrogens is 298 g/mol. The van der Waals surface area contributed by atoms with Gasteiger partial charge in [-0.2, -0.15) is 11.8 Å². The van der Waals surface area contributed by atoms with Gasteiger partial charge in [0.05, 0.1) is 13.3 Å². The minimum absolute atomic E-state index is 0.0492. The van der Waals surface area contributed by atoms with Crippen molar-refractivity contribution in [1.82, 2.24) is 14.9 Å². The lowest BCUT2D eigenvalue weighted by molar-refractivity contribution is 0.0755. The summed E-state index contributed by atoms with van der Waals surface area (Å²) in [4.78, 5) is 22.4. The van der Waals surface area contributed by atoms with E-state index in [1.807, 2.05) is 28.8 Å². The number of hydrogen-bond donors (Lipinski definition) is 0. The lowest BCUT2D eigenvalue weighted by Crippen LogP contribution is -2.39. The summed E-state index contributed by atoms with van der Waals surface area (Å²) in [5.41, 5.74) is 1.62. The lowest BCUT2D eigenvalue weighted by Gasteiger charge is -2.32. The quantitative estimate of drug-likeness (QED) is 0.870. The molecule has 0 saturated carbocycles. The third kappa shape index (κ3) is 3.22. The molecule has 5 nitrogen and oxygen atoms in total. The van der Waals surface area contributed by atoms with E-state index < -0.39 is 0 Å². The van der Waals surface area contributed by atoms with E-state index in [0.717, 1.165) is 18.0 Å². The molecule has 6 heteroatoms. The molecule has 1 saturated heterocycles. The van der Waals surface area contributed by atoms with Crippen LogP contribution in [0.4, 0.5) is 0 Å². The van der Waals surface area contributed by atoms with Gasteiger partial charge in [0, 0.05) is 36.5 Å². The maximum atomic E-state index is 12.5. The predicted octanol–water partition coefficient (Wildman–Crippen LogP) is 2.42. The fourth-order valence-electron chi connectivity index (χ4n) is 2.43. The van der Waals surface area contributed by atoms with Crippen LogP contribution in [0.2, 0.25) is 0 Å². The number of amides is 1. The number of hydrogen-bond acceptors (Lipinski definition) is 5. The molecule has 3 rings (SSSR count). The molecule has 22 heavy (non-hydrogen) atoms. The molecule has 0 N–H and O–H groups in total. The summed E-state index contributed by atoms with van der Waals surface area (Å²) in [6.45, 7) is 1.43. The van der Waals surface area contributed by atoms with Crippen molar-refractivity contribution in [3.8, 4) is 5.75 Å². The van der Waals surface area contributed by atoms with Crippen LogP contribution in [0.5, 0.6) is 5.75 Å². The zero-order valence-corrected chi connectivity index (χ0v) is 13.1.